The highest BCUT2D eigenvalue weighted by atomic mass is 19.4. The van der Waals surface area contributed by atoms with Crippen molar-refractivity contribution in [2.45, 2.75) is 72.1 Å². The summed E-state index contributed by atoms with van der Waals surface area (Å²) in [4.78, 5) is 8.21. The van der Waals surface area contributed by atoms with Crippen LogP contribution in [0.3, 0.4) is 0 Å². The zero-order chi connectivity index (χ0) is 23.7. The Morgan fingerprint density at radius 1 is 1.26 bits per heavy atom. The van der Waals surface area contributed by atoms with Crippen LogP contribution in [0.2, 0.25) is 0 Å². The predicted molar refractivity (Wildman–Crippen MR) is 118 cm³/mol. The van der Waals surface area contributed by atoms with E-state index in [1.165, 1.54) is 6.20 Å². The summed E-state index contributed by atoms with van der Waals surface area (Å²) < 4.78 is 53.6. The first-order chi connectivity index (χ1) is 14.3. The van der Waals surface area contributed by atoms with Crippen molar-refractivity contribution in [3.63, 3.8) is 0 Å². The number of nitrogens with one attached hydrogen (secondary N) is 1. The third-order valence-corrected chi connectivity index (χ3v) is 4.47. The molecule has 0 aliphatic carbocycles. The van der Waals surface area contributed by atoms with E-state index in [-0.39, 0.29) is 11.9 Å². The van der Waals surface area contributed by atoms with E-state index in [4.69, 9.17) is 0 Å². The first-order valence-corrected chi connectivity index (χ1v) is 10.3. The summed E-state index contributed by atoms with van der Waals surface area (Å²) in [7, 11) is 0. The number of rotatable bonds is 10. The molecule has 0 aromatic carbocycles. The van der Waals surface area contributed by atoms with Crippen molar-refractivity contribution in [3.8, 4) is 0 Å². The molecule has 0 radical (unpaired) electrons. The fourth-order valence-electron chi connectivity index (χ4n) is 2.62. The van der Waals surface area contributed by atoms with Crippen LogP contribution in [0.4, 0.5) is 17.6 Å². The molecular weight excluding hydrogens is 410 g/mol. The molecule has 1 unspecified atom stereocenters. The van der Waals surface area contributed by atoms with E-state index in [0.717, 1.165) is 17.2 Å². The molecule has 0 amide bonds. The van der Waals surface area contributed by atoms with Gasteiger partial charge in [0.25, 0.3) is 0 Å². The van der Waals surface area contributed by atoms with Crippen molar-refractivity contribution in [2.75, 3.05) is 6.54 Å². The second-order valence-electron chi connectivity index (χ2n) is 8.27. The quantitative estimate of drug-likeness (QED) is 0.204. The lowest BCUT2D eigenvalue weighted by atomic mass is 9.95. The van der Waals surface area contributed by atoms with Crippen LogP contribution in [0.15, 0.2) is 45.8 Å². The molecule has 0 aliphatic heterocycles. The van der Waals surface area contributed by atoms with Crippen molar-refractivity contribution in [1.29, 1.82) is 0 Å². The minimum absolute atomic E-state index is 0.155. The molecule has 5 nitrogen and oxygen atoms in total. The average molecular weight is 444 g/mol. The lowest BCUT2D eigenvalue weighted by molar-refractivity contribution is -0.141. The zero-order valence-corrected chi connectivity index (χ0v) is 18.9. The topological polar surface area (TPSA) is 54.6 Å². The predicted octanol–water partition coefficient (Wildman–Crippen LogP) is 6.15. The monoisotopic (exact) mass is 443 g/mol. The van der Waals surface area contributed by atoms with Crippen LogP contribution in [0.1, 0.15) is 66.0 Å². The number of alkyl halides is 4. The van der Waals surface area contributed by atoms with E-state index in [2.05, 4.69) is 27.1 Å². The molecule has 0 spiro atoms. The molecule has 0 fully saturated rings. The summed E-state index contributed by atoms with van der Waals surface area (Å²) >= 11 is 0. The van der Waals surface area contributed by atoms with Gasteiger partial charge in [0, 0.05) is 24.1 Å². The van der Waals surface area contributed by atoms with E-state index in [0.29, 0.717) is 37.2 Å². The molecule has 0 saturated carbocycles. The highest BCUT2D eigenvalue weighted by Gasteiger charge is 2.34. The van der Waals surface area contributed by atoms with Crippen LogP contribution < -0.4 is 5.32 Å². The molecule has 1 heterocycles. The maximum atomic E-state index is 13.7. The van der Waals surface area contributed by atoms with E-state index in [1.54, 1.807) is 27.7 Å². The van der Waals surface area contributed by atoms with Gasteiger partial charge in [-0.25, -0.2) is 14.1 Å². The lowest BCUT2D eigenvalue weighted by Gasteiger charge is -2.16. The molecule has 1 aromatic rings. The number of hydrogen-bond donors (Lipinski definition) is 1. The van der Waals surface area contributed by atoms with Crippen LogP contribution >= 0.6 is 0 Å². The summed E-state index contributed by atoms with van der Waals surface area (Å²) in [6, 6.07) is 0.901. The first kappa shape index (κ1) is 26.6. The van der Waals surface area contributed by atoms with Gasteiger partial charge < -0.3 is 10.3 Å². The van der Waals surface area contributed by atoms with E-state index >= 15 is 0 Å². The van der Waals surface area contributed by atoms with E-state index in [1.807, 2.05) is 19.1 Å². The van der Waals surface area contributed by atoms with Gasteiger partial charge in [0.15, 0.2) is 5.69 Å². The highest BCUT2D eigenvalue weighted by Crippen LogP contribution is 2.27. The Balaban J connectivity index is 3.03. The molecular formula is C22H33F4N5. The second-order valence-corrected chi connectivity index (χ2v) is 8.27. The maximum absolute atomic E-state index is 13.7. The van der Waals surface area contributed by atoms with Gasteiger partial charge in [-0.2, -0.15) is 18.3 Å². The van der Waals surface area contributed by atoms with Gasteiger partial charge in [0.2, 0.25) is 5.96 Å². The molecule has 1 aromatic heterocycles. The third kappa shape index (κ3) is 10.9. The Hall–Kier alpha value is -2.45. The summed E-state index contributed by atoms with van der Waals surface area (Å²) in [5.74, 6) is 0.410. The third-order valence-electron chi connectivity index (χ3n) is 4.47. The Kier molecular flexibility index (Phi) is 10.1. The number of aromatic nitrogens is 2. The van der Waals surface area contributed by atoms with Gasteiger partial charge in [-0.1, -0.05) is 19.1 Å². The van der Waals surface area contributed by atoms with Gasteiger partial charge in [-0.3, -0.25) is 0 Å². The minimum atomic E-state index is -4.54. The molecule has 0 aliphatic rings. The smallest absolute Gasteiger partial charge is 0.328 e. The van der Waals surface area contributed by atoms with Crippen LogP contribution in [-0.4, -0.2) is 34.7 Å². The summed E-state index contributed by atoms with van der Waals surface area (Å²) in [5.41, 5.74) is -0.872. The summed E-state index contributed by atoms with van der Waals surface area (Å²) in [5, 5.41) is 6.62. The van der Waals surface area contributed by atoms with Crippen LogP contribution in [0, 0.1) is 5.92 Å². The molecule has 1 N–H and O–H groups in total. The van der Waals surface area contributed by atoms with Gasteiger partial charge in [-0.05, 0) is 72.1 Å². The van der Waals surface area contributed by atoms with Crippen molar-refractivity contribution in [2.24, 2.45) is 15.9 Å². The average Bonchev–Trinajstić information content (AvgIpc) is 3.14. The number of nitrogens with zero attached hydrogens (tertiary/aromatic N) is 4. The molecule has 31 heavy (non-hydrogen) atoms. The van der Waals surface area contributed by atoms with Crippen molar-refractivity contribution >= 4 is 12.7 Å². The first-order valence-electron chi connectivity index (χ1n) is 10.3. The molecule has 9 heteroatoms. The van der Waals surface area contributed by atoms with Crippen molar-refractivity contribution in [3.05, 3.63) is 41.5 Å². The fourth-order valence-corrected chi connectivity index (χ4v) is 2.62. The Labute approximate surface area is 182 Å². The zero-order valence-electron chi connectivity index (χ0n) is 18.9. The molecule has 0 saturated heterocycles. The van der Waals surface area contributed by atoms with Gasteiger partial charge in [0.1, 0.15) is 5.67 Å². The summed E-state index contributed by atoms with van der Waals surface area (Å²) in [6.45, 7) is 12.7. The van der Waals surface area contributed by atoms with Crippen LogP contribution in [0.25, 0.3) is 0 Å². The molecule has 0 bridgehead atoms. The Morgan fingerprint density at radius 3 is 2.48 bits per heavy atom. The van der Waals surface area contributed by atoms with Crippen LogP contribution in [-0.2, 0) is 6.18 Å². The van der Waals surface area contributed by atoms with Crippen molar-refractivity contribution < 1.29 is 17.6 Å². The molecule has 174 valence electrons. The number of halogens is 4. The lowest BCUT2D eigenvalue weighted by Crippen LogP contribution is -2.30. The second kappa shape index (κ2) is 11.8. The number of aliphatic imine (C=N–C) groups is 2. The maximum Gasteiger partial charge on any atom is 0.435 e. The fraction of sp³-hybridized carbons (Fsp3) is 0.591. The number of hydrogen-bond acceptors (Lipinski definition) is 3. The molecule has 1 atom stereocenters. The van der Waals surface area contributed by atoms with E-state index < -0.39 is 17.5 Å². The SMILES string of the molecule is C=NCC/C=C(/C)NC(=N/C(C)=C\CC(C)CCC(C)(C)F)n1ccc(C(F)(F)F)n1. The van der Waals surface area contributed by atoms with Gasteiger partial charge >= 0.3 is 6.18 Å². The van der Waals surface area contributed by atoms with Gasteiger partial charge in [-0.15, -0.1) is 0 Å². The highest BCUT2D eigenvalue weighted by molar-refractivity contribution is 5.83. The Bertz CT molecular complexity index is 798. The largest absolute Gasteiger partial charge is 0.435 e. The minimum Gasteiger partial charge on any atom is -0.328 e. The Morgan fingerprint density at radius 2 is 1.94 bits per heavy atom. The summed E-state index contributed by atoms with van der Waals surface area (Å²) in [6.07, 6.45) is 2.95. The van der Waals surface area contributed by atoms with Crippen molar-refractivity contribution in [1.82, 2.24) is 15.1 Å². The number of allylic oxidation sites excluding steroid dienone is 3. The van der Waals surface area contributed by atoms with E-state index in [9.17, 15) is 17.6 Å². The normalized spacial score (nSPS) is 15.2. The van der Waals surface area contributed by atoms with Crippen LogP contribution in [0.5, 0.6) is 0 Å². The standard InChI is InChI=1S/C22H33F4N5/c1-16(11-13-21(4,5)23)9-10-18(3)29-20(28-17(2)8-7-14-27-6)31-15-12-19(30-31)22(24,25)26/h8,10,12,15-16H,6-7,9,11,13-14H2,1-5H3,(H,28,29)/b17-8-,18-10-. The molecule has 1 rings (SSSR count). The van der Waals surface area contributed by atoms with Gasteiger partial charge in [0.05, 0.1) is 0 Å².